The quantitative estimate of drug-likeness (QED) is 0.783. The van der Waals surface area contributed by atoms with Crippen LogP contribution in [0.25, 0.3) is 0 Å². The third-order valence-corrected chi connectivity index (χ3v) is 2.70. The molecule has 1 rings (SSSR count). The van der Waals surface area contributed by atoms with Gasteiger partial charge in [-0.1, -0.05) is 20.8 Å². The Kier molecular flexibility index (Phi) is 4.16. The first-order valence-corrected chi connectivity index (χ1v) is 5.80. The van der Waals surface area contributed by atoms with Gasteiger partial charge in [-0.2, -0.15) is 0 Å². The fourth-order valence-corrected chi connectivity index (χ4v) is 2.01. The second kappa shape index (κ2) is 5.19. The molecule has 0 saturated carbocycles. The molecule has 0 fully saturated rings. The van der Waals surface area contributed by atoms with Crippen molar-refractivity contribution in [2.24, 2.45) is 5.92 Å². The van der Waals surface area contributed by atoms with Crippen LogP contribution < -0.4 is 0 Å². The molecule has 0 radical (unpaired) electrons. The van der Waals surface area contributed by atoms with Crippen LogP contribution in [0.2, 0.25) is 0 Å². The monoisotopic (exact) mass is 220 g/mol. The van der Waals surface area contributed by atoms with E-state index in [1.807, 2.05) is 13.0 Å². The third-order valence-electron chi connectivity index (χ3n) is 2.70. The number of carbonyl (C=O) groups excluding carboxylic acids is 1. The minimum absolute atomic E-state index is 0.105. The van der Waals surface area contributed by atoms with Gasteiger partial charge in [0, 0.05) is 5.69 Å². The molecule has 0 aromatic carbocycles. The Hall–Kier alpha value is -1.25. The molecule has 1 atom stereocenters. The lowest BCUT2D eigenvalue weighted by Crippen LogP contribution is -2.18. The Labute approximate surface area is 97.3 Å². The van der Waals surface area contributed by atoms with Crippen molar-refractivity contribution < 1.29 is 4.79 Å². The zero-order valence-electron chi connectivity index (χ0n) is 10.7. The van der Waals surface area contributed by atoms with Gasteiger partial charge in [-0.25, -0.2) is 9.97 Å². The molecule has 3 heteroatoms. The van der Waals surface area contributed by atoms with Crippen molar-refractivity contribution in [3.05, 3.63) is 23.3 Å². The highest BCUT2D eigenvalue weighted by molar-refractivity contribution is 5.83. The van der Waals surface area contributed by atoms with Gasteiger partial charge in [0.1, 0.15) is 11.6 Å². The zero-order chi connectivity index (χ0) is 12.3. The smallest absolute Gasteiger partial charge is 0.139 e. The molecule has 1 unspecified atom stereocenters. The first-order chi connectivity index (χ1) is 7.45. The van der Waals surface area contributed by atoms with Gasteiger partial charge >= 0.3 is 0 Å². The Balaban J connectivity index is 3.18. The summed E-state index contributed by atoms with van der Waals surface area (Å²) in [6, 6.07) is 1.96. The lowest BCUT2D eigenvalue weighted by atomic mass is 9.88. The molecule has 0 aliphatic rings. The van der Waals surface area contributed by atoms with Gasteiger partial charge in [-0.15, -0.1) is 0 Å². The summed E-state index contributed by atoms with van der Waals surface area (Å²) < 4.78 is 0. The fraction of sp³-hybridized carbons (Fsp3) is 0.615. The fourth-order valence-electron chi connectivity index (χ4n) is 2.01. The van der Waals surface area contributed by atoms with E-state index in [2.05, 4.69) is 30.7 Å². The van der Waals surface area contributed by atoms with Crippen LogP contribution in [0.1, 0.15) is 50.8 Å². The molecule has 0 N–H and O–H groups in total. The summed E-state index contributed by atoms with van der Waals surface area (Å²) in [6.07, 6.45) is 0.874. The van der Waals surface area contributed by atoms with E-state index in [1.165, 1.54) is 0 Å². The normalized spacial score (nSPS) is 12.9. The van der Waals surface area contributed by atoms with Crippen molar-refractivity contribution in [1.82, 2.24) is 9.97 Å². The van der Waals surface area contributed by atoms with Gasteiger partial charge in [0.15, 0.2) is 0 Å². The van der Waals surface area contributed by atoms with Crippen molar-refractivity contribution in [1.29, 1.82) is 0 Å². The number of nitrogens with zero attached hydrogens (tertiary/aromatic N) is 2. The largest absolute Gasteiger partial charge is 0.299 e. The number of hydrogen-bond donors (Lipinski definition) is 0. The number of rotatable bonds is 4. The summed E-state index contributed by atoms with van der Waals surface area (Å²) in [6.45, 7) is 9.67. The molecule has 1 aromatic rings. The Bertz CT molecular complexity index is 386. The van der Waals surface area contributed by atoms with Crippen LogP contribution >= 0.6 is 0 Å². The first-order valence-electron chi connectivity index (χ1n) is 5.80. The summed E-state index contributed by atoms with van der Waals surface area (Å²) in [5, 5.41) is 0. The van der Waals surface area contributed by atoms with Crippen molar-refractivity contribution in [2.45, 2.75) is 47.0 Å². The number of carbonyl (C=O) groups is 1. The summed E-state index contributed by atoms with van der Waals surface area (Å²) in [5.74, 6) is 1.10. The van der Waals surface area contributed by atoms with Gasteiger partial charge in [0.25, 0.3) is 0 Å². The second-order valence-electron chi connectivity index (χ2n) is 4.52. The summed E-state index contributed by atoms with van der Waals surface area (Å²) in [5.41, 5.74) is 1.88. The molecule has 0 bridgehead atoms. The molecular formula is C13H20N2O. The summed E-state index contributed by atoms with van der Waals surface area (Å²) >= 11 is 0. The number of ketones is 1. The predicted molar refractivity (Wildman–Crippen MR) is 64.4 cm³/mol. The molecule has 0 aliphatic heterocycles. The lowest BCUT2D eigenvalue weighted by Gasteiger charge is -2.18. The van der Waals surface area contributed by atoms with E-state index in [0.29, 0.717) is 0 Å². The average molecular weight is 220 g/mol. The third kappa shape index (κ3) is 2.87. The average Bonchev–Trinajstić information content (AvgIpc) is 2.15. The van der Waals surface area contributed by atoms with E-state index in [-0.39, 0.29) is 17.6 Å². The van der Waals surface area contributed by atoms with E-state index in [0.717, 1.165) is 23.6 Å². The minimum Gasteiger partial charge on any atom is -0.299 e. The maximum absolute atomic E-state index is 11.6. The van der Waals surface area contributed by atoms with Gasteiger partial charge in [-0.05, 0) is 32.3 Å². The summed E-state index contributed by atoms with van der Waals surface area (Å²) in [4.78, 5) is 20.4. The highest BCUT2D eigenvalue weighted by atomic mass is 16.1. The topological polar surface area (TPSA) is 42.9 Å². The van der Waals surface area contributed by atoms with Gasteiger partial charge in [0.2, 0.25) is 0 Å². The molecule has 16 heavy (non-hydrogen) atoms. The summed E-state index contributed by atoms with van der Waals surface area (Å²) in [7, 11) is 0. The molecule has 0 spiro atoms. The second-order valence-corrected chi connectivity index (χ2v) is 4.52. The molecule has 0 amide bonds. The van der Waals surface area contributed by atoms with Crippen molar-refractivity contribution >= 4 is 5.78 Å². The van der Waals surface area contributed by atoms with Crippen LogP contribution in [0.5, 0.6) is 0 Å². The van der Waals surface area contributed by atoms with Crippen LogP contribution in [0, 0.1) is 12.8 Å². The molecule has 88 valence electrons. The van der Waals surface area contributed by atoms with Gasteiger partial charge < -0.3 is 0 Å². The number of aryl methyl sites for hydroxylation is 2. The van der Waals surface area contributed by atoms with Crippen molar-refractivity contribution in [2.75, 3.05) is 0 Å². The maximum atomic E-state index is 11.6. The lowest BCUT2D eigenvalue weighted by molar-refractivity contribution is -0.119. The minimum atomic E-state index is -0.105. The number of Topliss-reactive ketones (excluding diaryl/α,β-unsaturated/α-hetero) is 1. The number of aromatic nitrogens is 2. The zero-order valence-corrected chi connectivity index (χ0v) is 10.7. The van der Waals surface area contributed by atoms with Gasteiger partial charge in [-0.3, -0.25) is 4.79 Å². The highest BCUT2D eigenvalue weighted by Crippen LogP contribution is 2.24. The van der Waals surface area contributed by atoms with Crippen LogP contribution in [-0.4, -0.2) is 15.8 Å². The molecule has 3 nitrogen and oxygen atoms in total. The van der Waals surface area contributed by atoms with Crippen molar-refractivity contribution in [3.8, 4) is 0 Å². The maximum Gasteiger partial charge on any atom is 0.139 e. The molecule has 1 heterocycles. The Morgan fingerprint density at radius 2 is 2.00 bits per heavy atom. The molecule has 0 aliphatic carbocycles. The number of hydrogen-bond acceptors (Lipinski definition) is 3. The Morgan fingerprint density at radius 1 is 1.38 bits per heavy atom. The van der Waals surface area contributed by atoms with Crippen LogP contribution in [0.15, 0.2) is 6.07 Å². The SMILES string of the molecule is CCc1cc(C(C(C)=O)C(C)C)nc(C)n1. The molecule has 1 aromatic heterocycles. The predicted octanol–water partition coefficient (Wildman–Crippen LogP) is 2.68. The van der Waals surface area contributed by atoms with E-state index in [9.17, 15) is 4.79 Å². The van der Waals surface area contributed by atoms with Crippen molar-refractivity contribution in [3.63, 3.8) is 0 Å². The molecular weight excluding hydrogens is 200 g/mol. The van der Waals surface area contributed by atoms with E-state index >= 15 is 0 Å². The van der Waals surface area contributed by atoms with E-state index in [1.54, 1.807) is 6.92 Å². The van der Waals surface area contributed by atoms with E-state index in [4.69, 9.17) is 0 Å². The standard InChI is InChI=1S/C13H20N2O/c1-6-11-7-12(15-10(5)14-11)13(8(2)3)9(4)16/h7-8,13H,6H2,1-5H3. The van der Waals surface area contributed by atoms with E-state index < -0.39 is 0 Å². The molecule has 0 saturated heterocycles. The van der Waals surface area contributed by atoms with Crippen LogP contribution in [0.4, 0.5) is 0 Å². The Morgan fingerprint density at radius 3 is 2.44 bits per heavy atom. The van der Waals surface area contributed by atoms with Crippen LogP contribution in [-0.2, 0) is 11.2 Å². The first kappa shape index (κ1) is 12.8. The van der Waals surface area contributed by atoms with Crippen LogP contribution in [0.3, 0.4) is 0 Å². The van der Waals surface area contributed by atoms with Gasteiger partial charge in [0.05, 0.1) is 11.6 Å². The highest BCUT2D eigenvalue weighted by Gasteiger charge is 2.22.